The summed E-state index contributed by atoms with van der Waals surface area (Å²) in [5.74, 6) is 0. The first-order chi connectivity index (χ1) is 7.92. The highest BCUT2D eigenvalue weighted by Crippen LogP contribution is 2.31. The maximum atomic E-state index is 9.98. The first kappa shape index (κ1) is 12.7. The van der Waals surface area contributed by atoms with Gasteiger partial charge in [0, 0.05) is 34.5 Å². The summed E-state index contributed by atoms with van der Waals surface area (Å²) < 4.78 is 3.32. The minimum Gasteiger partial charge on any atom is -0.390 e. The Kier molecular flexibility index (Phi) is 3.32. The fourth-order valence-corrected chi connectivity index (χ4v) is 2.86. The third-order valence-electron chi connectivity index (χ3n) is 2.90. The molecule has 0 spiro atoms. The van der Waals surface area contributed by atoms with Crippen molar-refractivity contribution in [1.82, 2.24) is 4.57 Å². The number of halogens is 1. The van der Waals surface area contributed by atoms with Gasteiger partial charge in [0.25, 0.3) is 0 Å². The third kappa shape index (κ3) is 2.55. The molecule has 17 heavy (non-hydrogen) atoms. The SMILES string of the molecule is CCn1cc(CC(C)(C)O)c2c(Br)cccc21. The van der Waals surface area contributed by atoms with Gasteiger partial charge in [0.15, 0.2) is 0 Å². The quantitative estimate of drug-likeness (QED) is 0.917. The molecule has 1 aromatic heterocycles. The number of rotatable bonds is 3. The summed E-state index contributed by atoms with van der Waals surface area (Å²) in [6, 6.07) is 6.22. The normalized spacial score (nSPS) is 12.3. The summed E-state index contributed by atoms with van der Waals surface area (Å²) in [6.45, 7) is 6.77. The summed E-state index contributed by atoms with van der Waals surface area (Å²) in [6.07, 6.45) is 2.81. The average Bonchev–Trinajstić information content (AvgIpc) is 2.55. The average molecular weight is 296 g/mol. The van der Waals surface area contributed by atoms with Crippen molar-refractivity contribution in [3.05, 3.63) is 34.4 Å². The molecule has 1 heterocycles. The fourth-order valence-electron chi connectivity index (χ4n) is 2.25. The molecule has 3 heteroatoms. The zero-order valence-corrected chi connectivity index (χ0v) is 12.1. The molecule has 2 aromatic rings. The molecular weight excluding hydrogens is 278 g/mol. The van der Waals surface area contributed by atoms with Crippen molar-refractivity contribution in [2.45, 2.75) is 39.3 Å². The zero-order valence-electron chi connectivity index (χ0n) is 10.5. The van der Waals surface area contributed by atoms with Crippen LogP contribution in [0.25, 0.3) is 10.9 Å². The van der Waals surface area contributed by atoms with Crippen LogP contribution < -0.4 is 0 Å². The highest BCUT2D eigenvalue weighted by Gasteiger charge is 2.18. The Hall–Kier alpha value is -0.800. The topological polar surface area (TPSA) is 25.2 Å². The van der Waals surface area contributed by atoms with Crippen molar-refractivity contribution in [2.24, 2.45) is 0 Å². The van der Waals surface area contributed by atoms with Crippen molar-refractivity contribution in [3.8, 4) is 0 Å². The summed E-state index contributed by atoms with van der Waals surface area (Å²) in [7, 11) is 0. The number of nitrogens with zero attached hydrogens (tertiary/aromatic N) is 1. The Morgan fingerprint density at radius 3 is 2.65 bits per heavy atom. The van der Waals surface area contributed by atoms with Crippen LogP contribution in [0.5, 0.6) is 0 Å². The monoisotopic (exact) mass is 295 g/mol. The van der Waals surface area contributed by atoms with Crippen molar-refractivity contribution >= 4 is 26.8 Å². The molecule has 0 amide bonds. The number of benzene rings is 1. The number of hydrogen-bond acceptors (Lipinski definition) is 1. The van der Waals surface area contributed by atoms with E-state index in [0.717, 1.165) is 11.0 Å². The van der Waals surface area contributed by atoms with Gasteiger partial charge in [0.2, 0.25) is 0 Å². The standard InChI is InChI=1S/C14H18BrNO/c1-4-16-9-10(8-14(2,3)17)13-11(15)6-5-7-12(13)16/h5-7,9,17H,4,8H2,1-3H3. The van der Waals surface area contributed by atoms with Crippen LogP contribution in [0.4, 0.5) is 0 Å². The van der Waals surface area contributed by atoms with E-state index >= 15 is 0 Å². The van der Waals surface area contributed by atoms with Crippen LogP contribution in [0.3, 0.4) is 0 Å². The first-order valence-electron chi connectivity index (χ1n) is 5.91. The highest BCUT2D eigenvalue weighted by atomic mass is 79.9. The van der Waals surface area contributed by atoms with Gasteiger partial charge in [-0.3, -0.25) is 0 Å². The molecule has 0 saturated carbocycles. The van der Waals surface area contributed by atoms with E-state index < -0.39 is 5.60 Å². The lowest BCUT2D eigenvalue weighted by Gasteiger charge is -2.16. The number of fused-ring (bicyclic) bond motifs is 1. The van der Waals surface area contributed by atoms with E-state index in [1.165, 1.54) is 16.5 Å². The predicted molar refractivity (Wildman–Crippen MR) is 75.3 cm³/mol. The Labute approximate surface area is 110 Å². The maximum Gasteiger partial charge on any atom is 0.0632 e. The van der Waals surface area contributed by atoms with Gasteiger partial charge in [-0.25, -0.2) is 0 Å². The summed E-state index contributed by atoms with van der Waals surface area (Å²) >= 11 is 3.60. The van der Waals surface area contributed by atoms with Crippen LogP contribution >= 0.6 is 15.9 Å². The van der Waals surface area contributed by atoms with Crippen LogP contribution in [-0.2, 0) is 13.0 Å². The molecule has 1 N–H and O–H groups in total. The van der Waals surface area contributed by atoms with E-state index in [2.05, 4.69) is 45.8 Å². The Bertz CT molecular complexity index is 537. The lowest BCUT2D eigenvalue weighted by molar-refractivity contribution is 0.0813. The molecule has 0 fully saturated rings. The van der Waals surface area contributed by atoms with Gasteiger partial charge in [-0.2, -0.15) is 0 Å². The van der Waals surface area contributed by atoms with Gasteiger partial charge >= 0.3 is 0 Å². The van der Waals surface area contributed by atoms with Gasteiger partial charge in [-0.1, -0.05) is 22.0 Å². The minimum absolute atomic E-state index is 0.666. The van der Waals surface area contributed by atoms with Gasteiger partial charge in [-0.05, 0) is 38.5 Å². The van der Waals surface area contributed by atoms with Crippen LogP contribution in [0.15, 0.2) is 28.9 Å². The second-order valence-corrected chi connectivity index (χ2v) is 5.92. The minimum atomic E-state index is -0.678. The lowest BCUT2D eigenvalue weighted by atomic mass is 9.98. The van der Waals surface area contributed by atoms with Crippen LogP contribution in [0.2, 0.25) is 0 Å². The number of aryl methyl sites for hydroxylation is 1. The Balaban J connectivity index is 2.63. The van der Waals surface area contributed by atoms with Crippen LogP contribution in [-0.4, -0.2) is 15.3 Å². The van der Waals surface area contributed by atoms with Crippen molar-refractivity contribution in [1.29, 1.82) is 0 Å². The van der Waals surface area contributed by atoms with E-state index in [-0.39, 0.29) is 0 Å². The molecule has 0 bridgehead atoms. The van der Waals surface area contributed by atoms with Gasteiger partial charge in [0.1, 0.15) is 0 Å². The lowest BCUT2D eigenvalue weighted by Crippen LogP contribution is -2.21. The third-order valence-corrected chi connectivity index (χ3v) is 3.56. The van der Waals surface area contributed by atoms with E-state index in [1.54, 1.807) is 0 Å². The second kappa shape index (κ2) is 4.46. The summed E-state index contributed by atoms with van der Waals surface area (Å²) in [4.78, 5) is 0. The molecule has 0 aliphatic heterocycles. The maximum absolute atomic E-state index is 9.98. The number of aromatic nitrogens is 1. The number of hydrogen-bond donors (Lipinski definition) is 1. The molecule has 0 saturated heterocycles. The highest BCUT2D eigenvalue weighted by molar-refractivity contribution is 9.10. The molecule has 0 atom stereocenters. The molecule has 92 valence electrons. The van der Waals surface area contributed by atoms with Crippen molar-refractivity contribution in [2.75, 3.05) is 0 Å². The molecular formula is C14H18BrNO. The van der Waals surface area contributed by atoms with Crippen molar-refractivity contribution < 1.29 is 5.11 Å². The van der Waals surface area contributed by atoms with E-state index in [0.29, 0.717) is 6.42 Å². The Morgan fingerprint density at radius 2 is 2.06 bits per heavy atom. The van der Waals surface area contributed by atoms with E-state index in [4.69, 9.17) is 0 Å². The first-order valence-corrected chi connectivity index (χ1v) is 6.70. The molecule has 1 aromatic carbocycles. The molecule has 2 nitrogen and oxygen atoms in total. The zero-order chi connectivity index (χ0) is 12.6. The van der Waals surface area contributed by atoms with E-state index in [9.17, 15) is 5.11 Å². The van der Waals surface area contributed by atoms with Crippen LogP contribution in [0.1, 0.15) is 26.3 Å². The predicted octanol–water partition coefficient (Wildman–Crippen LogP) is 3.74. The van der Waals surface area contributed by atoms with E-state index in [1.807, 2.05) is 19.9 Å². The van der Waals surface area contributed by atoms with Gasteiger partial charge in [-0.15, -0.1) is 0 Å². The summed E-state index contributed by atoms with van der Waals surface area (Å²) in [5, 5.41) is 11.2. The van der Waals surface area contributed by atoms with Gasteiger partial charge in [0.05, 0.1) is 5.60 Å². The molecule has 0 aliphatic carbocycles. The van der Waals surface area contributed by atoms with Crippen LogP contribution in [0, 0.1) is 0 Å². The number of aliphatic hydroxyl groups is 1. The summed E-state index contributed by atoms with van der Waals surface area (Å²) in [5.41, 5.74) is 1.74. The van der Waals surface area contributed by atoms with Gasteiger partial charge < -0.3 is 9.67 Å². The molecule has 0 unspecified atom stereocenters. The molecule has 0 radical (unpaired) electrons. The van der Waals surface area contributed by atoms with Crippen molar-refractivity contribution in [3.63, 3.8) is 0 Å². The molecule has 2 rings (SSSR count). The second-order valence-electron chi connectivity index (χ2n) is 5.06. The smallest absolute Gasteiger partial charge is 0.0632 e. The molecule has 0 aliphatic rings. The fraction of sp³-hybridized carbons (Fsp3) is 0.429. The largest absolute Gasteiger partial charge is 0.390 e. The Morgan fingerprint density at radius 1 is 1.35 bits per heavy atom.